The number of fused-ring (bicyclic) bond motifs is 1. The molecular weight excluding hydrogens is 398 g/mol. The maximum Gasteiger partial charge on any atom is 0.262 e. The average Bonchev–Trinajstić information content (AvgIpc) is 3.04. The topological polar surface area (TPSA) is 88.2 Å². The van der Waals surface area contributed by atoms with E-state index in [1.165, 1.54) is 0 Å². The molecule has 0 aromatic heterocycles. The number of nitrogens with zero attached hydrogens (tertiary/aromatic N) is 2. The number of amides is 3. The van der Waals surface area contributed by atoms with Crippen LogP contribution >= 0.6 is 0 Å². The molecule has 0 radical (unpaired) electrons. The van der Waals surface area contributed by atoms with Crippen molar-refractivity contribution >= 4 is 23.4 Å². The molecule has 8 nitrogen and oxygen atoms in total. The molecule has 8 heteroatoms. The van der Waals surface area contributed by atoms with Gasteiger partial charge in [-0.15, -0.1) is 0 Å². The molecule has 2 heterocycles. The van der Waals surface area contributed by atoms with Crippen molar-refractivity contribution in [3.05, 3.63) is 53.6 Å². The Morgan fingerprint density at radius 1 is 1.03 bits per heavy atom. The summed E-state index contributed by atoms with van der Waals surface area (Å²) in [5.74, 6) is 0.224. The van der Waals surface area contributed by atoms with Gasteiger partial charge in [-0.1, -0.05) is 12.1 Å². The van der Waals surface area contributed by atoms with E-state index in [2.05, 4.69) is 5.32 Å². The minimum atomic E-state index is -0.411. The first kappa shape index (κ1) is 20.7. The van der Waals surface area contributed by atoms with Crippen LogP contribution in [0.4, 0.5) is 5.69 Å². The van der Waals surface area contributed by atoms with Crippen LogP contribution in [0.3, 0.4) is 0 Å². The monoisotopic (exact) mass is 423 g/mol. The van der Waals surface area contributed by atoms with E-state index in [1.807, 2.05) is 18.2 Å². The van der Waals surface area contributed by atoms with E-state index in [0.29, 0.717) is 35.7 Å². The standard InChI is InChI=1S/C23H25N3O5/c1-30-19-10-9-15(12-20(19)31-2)24-16-6-5-11-25(13-16)21(27)14-26-22(28)17-7-3-4-8-18(17)23(26)29/h3-4,7-10,12,16,24H,5-6,11,13-14H2,1-2H3/t16-/m0/s1. The molecule has 0 saturated carbocycles. The Balaban J connectivity index is 1.39. The SMILES string of the molecule is COc1ccc(N[C@H]2CCCN(C(=O)CN3C(=O)c4ccccc4C3=O)C2)cc1OC. The predicted molar refractivity (Wildman–Crippen MR) is 115 cm³/mol. The summed E-state index contributed by atoms with van der Waals surface area (Å²) in [4.78, 5) is 40.7. The number of rotatable bonds is 6. The number of anilines is 1. The zero-order valence-corrected chi connectivity index (χ0v) is 17.6. The number of hydrogen-bond acceptors (Lipinski definition) is 6. The zero-order valence-electron chi connectivity index (χ0n) is 17.6. The molecule has 0 spiro atoms. The Bertz CT molecular complexity index is 987. The van der Waals surface area contributed by atoms with Gasteiger partial charge in [0.1, 0.15) is 6.54 Å². The molecule has 1 atom stereocenters. The van der Waals surface area contributed by atoms with Crippen LogP contribution in [-0.2, 0) is 4.79 Å². The zero-order chi connectivity index (χ0) is 22.0. The van der Waals surface area contributed by atoms with Crippen molar-refractivity contribution < 1.29 is 23.9 Å². The normalized spacial score (nSPS) is 18.1. The second kappa shape index (κ2) is 8.67. The molecule has 3 amide bonds. The Hall–Kier alpha value is -3.55. The van der Waals surface area contributed by atoms with E-state index in [-0.39, 0.29) is 18.5 Å². The number of hydrogen-bond donors (Lipinski definition) is 1. The summed E-state index contributed by atoms with van der Waals surface area (Å²) in [6.45, 7) is 0.859. The van der Waals surface area contributed by atoms with Gasteiger partial charge < -0.3 is 19.7 Å². The first-order valence-electron chi connectivity index (χ1n) is 10.2. The van der Waals surface area contributed by atoms with Crippen LogP contribution in [0.2, 0.25) is 0 Å². The molecule has 162 valence electrons. The van der Waals surface area contributed by atoms with Gasteiger partial charge in [0.05, 0.1) is 25.3 Å². The van der Waals surface area contributed by atoms with E-state index < -0.39 is 11.8 Å². The minimum Gasteiger partial charge on any atom is -0.493 e. The van der Waals surface area contributed by atoms with Crippen molar-refractivity contribution in [2.45, 2.75) is 18.9 Å². The van der Waals surface area contributed by atoms with E-state index in [4.69, 9.17) is 9.47 Å². The van der Waals surface area contributed by atoms with Gasteiger partial charge in [-0.25, -0.2) is 0 Å². The van der Waals surface area contributed by atoms with Crippen LogP contribution < -0.4 is 14.8 Å². The van der Waals surface area contributed by atoms with Crippen molar-refractivity contribution in [3.63, 3.8) is 0 Å². The Morgan fingerprint density at radius 2 is 1.71 bits per heavy atom. The fourth-order valence-corrected chi connectivity index (χ4v) is 4.10. The summed E-state index contributed by atoms with van der Waals surface area (Å²) in [6.07, 6.45) is 1.74. The van der Waals surface area contributed by atoms with Crippen LogP contribution in [0.1, 0.15) is 33.6 Å². The lowest BCUT2D eigenvalue weighted by molar-refractivity contribution is -0.132. The second-order valence-corrected chi connectivity index (χ2v) is 7.64. The highest BCUT2D eigenvalue weighted by molar-refractivity contribution is 6.22. The number of nitrogens with one attached hydrogen (secondary N) is 1. The van der Waals surface area contributed by atoms with Crippen LogP contribution in [0.25, 0.3) is 0 Å². The molecule has 2 aromatic carbocycles. The highest BCUT2D eigenvalue weighted by atomic mass is 16.5. The molecule has 2 aromatic rings. The average molecular weight is 423 g/mol. The number of imide groups is 1. The second-order valence-electron chi connectivity index (χ2n) is 7.64. The van der Waals surface area contributed by atoms with Gasteiger partial charge in [-0.3, -0.25) is 19.3 Å². The van der Waals surface area contributed by atoms with Crippen molar-refractivity contribution in [2.75, 3.05) is 39.2 Å². The molecule has 0 unspecified atom stereocenters. The minimum absolute atomic E-state index is 0.0537. The lowest BCUT2D eigenvalue weighted by atomic mass is 10.0. The number of methoxy groups -OCH3 is 2. The molecule has 0 aliphatic carbocycles. The van der Waals surface area contributed by atoms with Gasteiger partial charge >= 0.3 is 0 Å². The third-order valence-electron chi connectivity index (χ3n) is 5.70. The number of carbonyl (C=O) groups excluding carboxylic acids is 3. The first-order chi connectivity index (χ1) is 15.0. The maximum atomic E-state index is 12.9. The molecule has 2 aliphatic rings. The third-order valence-corrected chi connectivity index (χ3v) is 5.70. The summed E-state index contributed by atoms with van der Waals surface area (Å²) >= 11 is 0. The summed E-state index contributed by atoms with van der Waals surface area (Å²) in [7, 11) is 3.17. The third kappa shape index (κ3) is 4.05. The number of ether oxygens (including phenoxy) is 2. The summed E-state index contributed by atoms with van der Waals surface area (Å²) in [5, 5.41) is 3.44. The lowest BCUT2D eigenvalue weighted by Crippen LogP contribution is -2.49. The summed E-state index contributed by atoms with van der Waals surface area (Å²) in [5.41, 5.74) is 1.58. The van der Waals surface area contributed by atoms with Gasteiger partial charge in [0.15, 0.2) is 11.5 Å². The number of piperidine rings is 1. The van der Waals surface area contributed by atoms with Crippen LogP contribution in [0.15, 0.2) is 42.5 Å². The molecule has 0 bridgehead atoms. The molecule has 4 rings (SSSR count). The van der Waals surface area contributed by atoms with Gasteiger partial charge in [0.2, 0.25) is 5.91 Å². The highest BCUT2D eigenvalue weighted by Crippen LogP contribution is 2.30. The Morgan fingerprint density at radius 3 is 2.35 bits per heavy atom. The van der Waals surface area contributed by atoms with E-state index in [0.717, 1.165) is 23.4 Å². The number of likely N-dealkylation sites (tertiary alicyclic amines) is 1. The summed E-state index contributed by atoms with van der Waals surface area (Å²) in [6, 6.07) is 12.3. The van der Waals surface area contributed by atoms with Crippen LogP contribution in [0.5, 0.6) is 11.5 Å². The molecule has 2 aliphatic heterocycles. The number of carbonyl (C=O) groups is 3. The lowest BCUT2D eigenvalue weighted by Gasteiger charge is -2.34. The fraction of sp³-hybridized carbons (Fsp3) is 0.348. The van der Waals surface area contributed by atoms with Gasteiger partial charge in [0.25, 0.3) is 11.8 Å². The van der Waals surface area contributed by atoms with Gasteiger partial charge in [-0.05, 0) is 37.1 Å². The largest absolute Gasteiger partial charge is 0.493 e. The quantitative estimate of drug-likeness (QED) is 0.718. The van der Waals surface area contributed by atoms with E-state index >= 15 is 0 Å². The van der Waals surface area contributed by atoms with E-state index in [9.17, 15) is 14.4 Å². The number of benzene rings is 2. The molecule has 31 heavy (non-hydrogen) atoms. The maximum absolute atomic E-state index is 12.9. The van der Waals surface area contributed by atoms with Crippen molar-refractivity contribution in [3.8, 4) is 11.5 Å². The smallest absolute Gasteiger partial charge is 0.262 e. The molecular formula is C23H25N3O5. The molecule has 1 saturated heterocycles. The van der Waals surface area contributed by atoms with Crippen molar-refractivity contribution in [1.82, 2.24) is 9.80 Å². The highest BCUT2D eigenvalue weighted by Gasteiger charge is 2.37. The molecule has 1 fully saturated rings. The molecule has 1 N–H and O–H groups in total. The fourth-order valence-electron chi connectivity index (χ4n) is 4.10. The van der Waals surface area contributed by atoms with Crippen molar-refractivity contribution in [1.29, 1.82) is 0 Å². The van der Waals surface area contributed by atoms with Gasteiger partial charge in [0, 0.05) is 30.9 Å². The van der Waals surface area contributed by atoms with E-state index in [1.54, 1.807) is 43.4 Å². The van der Waals surface area contributed by atoms with Gasteiger partial charge in [-0.2, -0.15) is 0 Å². The predicted octanol–water partition coefficient (Wildman–Crippen LogP) is 2.40. The Kier molecular flexibility index (Phi) is 5.79. The van der Waals surface area contributed by atoms with Crippen molar-refractivity contribution in [2.24, 2.45) is 0 Å². The van der Waals surface area contributed by atoms with Crippen LogP contribution in [0, 0.1) is 0 Å². The van der Waals surface area contributed by atoms with Crippen LogP contribution in [-0.4, -0.2) is 67.4 Å². The first-order valence-corrected chi connectivity index (χ1v) is 10.2. The Labute approximate surface area is 180 Å². The summed E-state index contributed by atoms with van der Waals surface area (Å²) < 4.78 is 10.6.